The van der Waals surface area contributed by atoms with Crippen molar-refractivity contribution in [2.45, 2.75) is 46.1 Å². The lowest BCUT2D eigenvalue weighted by molar-refractivity contribution is 0.0706. The van der Waals surface area contributed by atoms with Crippen molar-refractivity contribution in [2.24, 2.45) is 5.73 Å². The van der Waals surface area contributed by atoms with E-state index in [9.17, 15) is 0 Å². The summed E-state index contributed by atoms with van der Waals surface area (Å²) in [5.74, 6) is 0. The fraction of sp³-hybridized carbons (Fsp3) is 1.00. The highest BCUT2D eigenvalue weighted by atomic mass is 28.4. The molecule has 0 radical (unpaired) electrons. The minimum atomic E-state index is -2.39. The van der Waals surface area contributed by atoms with Gasteiger partial charge in [0.05, 0.1) is 0 Å². The van der Waals surface area contributed by atoms with Crippen LogP contribution in [0, 0.1) is 0 Å². The van der Waals surface area contributed by atoms with E-state index >= 15 is 0 Å². The van der Waals surface area contributed by atoms with Gasteiger partial charge in [0, 0.05) is 25.9 Å². The van der Waals surface area contributed by atoms with Crippen LogP contribution in [-0.4, -0.2) is 35.2 Å². The molecule has 0 heterocycles. The first-order chi connectivity index (χ1) is 7.74. The lowest BCUT2D eigenvalue weighted by atomic mass is 10.2. The molecule has 0 atom stereocenters. The van der Waals surface area contributed by atoms with Crippen molar-refractivity contribution in [1.29, 1.82) is 0 Å². The van der Waals surface area contributed by atoms with E-state index in [1.54, 1.807) is 0 Å². The molecular weight excluding hydrogens is 376 g/mol. The summed E-state index contributed by atoms with van der Waals surface area (Å²) in [5, 5.41) is 0. The molecule has 0 rings (SSSR count). The smallest absolute Gasteiger partial charge is 0.374 e. The SMILES string of the molecule is CCO[Si](CCCCCN)(OCC)OCC.N.N.N.N.N.N.N.N.N.N.N. The predicted molar refractivity (Wildman–Crippen MR) is 124 cm³/mol. The molecule has 0 saturated carbocycles. The van der Waals surface area contributed by atoms with Crippen LogP contribution in [0.3, 0.4) is 0 Å². The van der Waals surface area contributed by atoms with Crippen LogP contribution in [0.4, 0.5) is 0 Å². The normalized spacial score (nSPS) is 7.11. The van der Waals surface area contributed by atoms with Crippen LogP contribution in [0.5, 0.6) is 0 Å². The first-order valence-corrected chi connectivity index (χ1v) is 8.29. The first kappa shape index (κ1) is 81.8. The van der Waals surface area contributed by atoms with E-state index in [0.717, 1.165) is 31.9 Å². The maximum Gasteiger partial charge on any atom is 0.500 e. The number of unbranched alkanes of at least 4 members (excludes halogenated alkanes) is 2. The monoisotopic (exact) mass is 436 g/mol. The van der Waals surface area contributed by atoms with E-state index < -0.39 is 8.80 Å². The van der Waals surface area contributed by atoms with Gasteiger partial charge in [-0.2, -0.15) is 0 Å². The predicted octanol–water partition coefficient (Wildman–Crippen LogP) is 3.95. The van der Waals surface area contributed by atoms with Crippen molar-refractivity contribution < 1.29 is 13.3 Å². The van der Waals surface area contributed by atoms with E-state index in [1.807, 2.05) is 20.8 Å². The van der Waals surface area contributed by atoms with Crippen molar-refractivity contribution in [3.8, 4) is 0 Å². The summed E-state index contributed by atoms with van der Waals surface area (Å²) in [6.07, 6.45) is 3.26. The van der Waals surface area contributed by atoms with Crippen molar-refractivity contribution in [1.82, 2.24) is 67.7 Å². The summed E-state index contributed by atoms with van der Waals surface area (Å²) in [6, 6.07) is 0.905. The number of hydrogen-bond donors (Lipinski definition) is 12. The molecule has 0 aliphatic heterocycles. The van der Waals surface area contributed by atoms with Crippen molar-refractivity contribution in [3.05, 3.63) is 0 Å². The summed E-state index contributed by atoms with van der Waals surface area (Å²) in [4.78, 5) is 0. The Morgan fingerprint density at radius 2 is 0.815 bits per heavy atom. The summed E-state index contributed by atoms with van der Waals surface area (Å²) in [5.41, 5.74) is 5.47. The molecule has 35 N–H and O–H groups in total. The third-order valence-electron chi connectivity index (χ3n) is 2.28. The molecule has 27 heavy (non-hydrogen) atoms. The van der Waals surface area contributed by atoms with Crippen LogP contribution in [-0.2, 0) is 13.3 Å². The topological polar surface area (TPSA) is 439 Å². The molecule has 0 aromatic carbocycles. The van der Waals surface area contributed by atoms with E-state index in [1.165, 1.54) is 0 Å². The zero-order valence-corrected chi connectivity index (χ0v) is 19.7. The minimum absolute atomic E-state index is 0. The third kappa shape index (κ3) is 41.2. The second kappa shape index (κ2) is 56.2. The largest absolute Gasteiger partial charge is 0.500 e. The van der Waals surface area contributed by atoms with Gasteiger partial charge in [-0.05, 0) is 40.2 Å². The highest BCUT2D eigenvalue weighted by Gasteiger charge is 2.39. The molecule has 0 unspecified atom stereocenters. The van der Waals surface area contributed by atoms with Gasteiger partial charge in [0.15, 0.2) is 0 Å². The number of rotatable bonds is 11. The lowest BCUT2D eigenvalue weighted by Gasteiger charge is -2.28. The Morgan fingerprint density at radius 1 is 0.519 bits per heavy atom. The number of nitrogens with two attached hydrogens (primary N) is 1. The van der Waals surface area contributed by atoms with Gasteiger partial charge in [-0.15, -0.1) is 0 Å². The quantitative estimate of drug-likeness (QED) is 0.161. The second-order valence-corrected chi connectivity index (χ2v) is 6.31. The van der Waals surface area contributed by atoms with Crippen LogP contribution < -0.4 is 73.4 Å². The van der Waals surface area contributed by atoms with Crippen LogP contribution in [0.15, 0.2) is 0 Å². The van der Waals surface area contributed by atoms with E-state index in [4.69, 9.17) is 19.0 Å². The Bertz CT molecular complexity index is 163. The van der Waals surface area contributed by atoms with Gasteiger partial charge in [0.2, 0.25) is 0 Å². The van der Waals surface area contributed by atoms with Gasteiger partial charge in [-0.25, -0.2) is 0 Å². The molecule has 16 heteroatoms. The molecule has 0 spiro atoms. The fourth-order valence-corrected chi connectivity index (χ4v) is 4.35. The standard InChI is InChI=1S/C11H27NO3Si.11H3N/c1-4-13-16(14-5-2,15-6-3)11-9-7-8-10-12;;;;;;;;;;;/h4-12H2,1-3H3;11*1H3. The zero-order valence-electron chi connectivity index (χ0n) is 18.7. The molecule has 0 fully saturated rings. The summed E-state index contributed by atoms with van der Waals surface area (Å²) >= 11 is 0. The van der Waals surface area contributed by atoms with E-state index in [2.05, 4.69) is 0 Å². The molecule has 0 bridgehead atoms. The zero-order chi connectivity index (χ0) is 12.3. The Hall–Kier alpha value is -0.383. The fourth-order valence-electron chi connectivity index (χ4n) is 1.66. The molecule has 0 aromatic rings. The minimum Gasteiger partial charge on any atom is -0.374 e. The summed E-state index contributed by atoms with van der Waals surface area (Å²) in [6.45, 7) is 8.68. The highest BCUT2D eigenvalue weighted by Crippen LogP contribution is 2.19. The Morgan fingerprint density at radius 3 is 1.04 bits per heavy atom. The molecule has 0 aliphatic carbocycles. The van der Waals surface area contributed by atoms with Gasteiger partial charge < -0.3 is 86.7 Å². The first-order valence-electron chi connectivity index (χ1n) is 6.36. The molecule has 186 valence electrons. The van der Waals surface area contributed by atoms with E-state index in [0.29, 0.717) is 19.8 Å². The van der Waals surface area contributed by atoms with E-state index in [-0.39, 0.29) is 67.7 Å². The molecule has 0 amide bonds. The van der Waals surface area contributed by atoms with Crippen molar-refractivity contribution >= 4 is 8.80 Å². The molecule has 0 saturated heterocycles. The van der Waals surface area contributed by atoms with Gasteiger partial charge in [0.1, 0.15) is 0 Å². The van der Waals surface area contributed by atoms with Crippen molar-refractivity contribution in [2.75, 3.05) is 26.4 Å². The Balaban J connectivity index is -0.0000000205. The van der Waals surface area contributed by atoms with Crippen LogP contribution in [0.25, 0.3) is 0 Å². The van der Waals surface area contributed by atoms with Gasteiger partial charge in [0.25, 0.3) is 0 Å². The Labute approximate surface area is 168 Å². The van der Waals surface area contributed by atoms with Crippen LogP contribution >= 0.6 is 0 Å². The van der Waals surface area contributed by atoms with Crippen LogP contribution in [0.2, 0.25) is 6.04 Å². The van der Waals surface area contributed by atoms with Gasteiger partial charge in [-0.1, -0.05) is 6.42 Å². The molecule has 0 aromatic heterocycles. The maximum atomic E-state index is 5.75. The van der Waals surface area contributed by atoms with Crippen LogP contribution in [0.1, 0.15) is 40.0 Å². The highest BCUT2D eigenvalue weighted by molar-refractivity contribution is 6.60. The molecular formula is C11H60N12O3Si. The average Bonchev–Trinajstić information content (AvgIpc) is 2.26. The summed E-state index contributed by atoms with van der Waals surface area (Å²) < 4.78 is 17.3. The molecule has 0 aliphatic rings. The van der Waals surface area contributed by atoms with Gasteiger partial charge in [-0.3, -0.25) is 0 Å². The Kier molecular flexibility index (Phi) is 170. The average molecular weight is 437 g/mol. The molecule has 15 nitrogen and oxygen atoms in total. The maximum absolute atomic E-state index is 5.75. The lowest BCUT2D eigenvalue weighted by Crippen LogP contribution is -2.45. The summed E-state index contributed by atoms with van der Waals surface area (Å²) in [7, 11) is -2.39. The second-order valence-electron chi connectivity index (χ2n) is 3.58. The van der Waals surface area contributed by atoms with Crippen molar-refractivity contribution in [3.63, 3.8) is 0 Å². The van der Waals surface area contributed by atoms with Gasteiger partial charge >= 0.3 is 8.80 Å². The number of hydrogen-bond acceptors (Lipinski definition) is 15. The third-order valence-corrected chi connectivity index (χ3v) is 5.43.